The van der Waals surface area contributed by atoms with Crippen LogP contribution in [0.4, 0.5) is 5.69 Å². The third-order valence-electron chi connectivity index (χ3n) is 4.83. The Kier molecular flexibility index (Phi) is 6.65. The summed E-state index contributed by atoms with van der Waals surface area (Å²) in [5.74, 6) is -1.63. The summed E-state index contributed by atoms with van der Waals surface area (Å²) in [6.07, 6.45) is 0. The lowest BCUT2D eigenvalue weighted by Gasteiger charge is -2.19. The molecule has 7 heteroatoms. The van der Waals surface area contributed by atoms with E-state index in [0.29, 0.717) is 26.7 Å². The molecule has 0 aromatic heterocycles. The summed E-state index contributed by atoms with van der Waals surface area (Å²) in [7, 11) is 0. The van der Waals surface area contributed by atoms with Gasteiger partial charge in [0.2, 0.25) is 0 Å². The molecule has 3 rings (SSSR count). The van der Waals surface area contributed by atoms with Gasteiger partial charge < -0.3 is 10.4 Å². The lowest BCUT2D eigenvalue weighted by Crippen LogP contribution is -2.16. The molecule has 31 heavy (non-hydrogen) atoms. The molecular weight excluding hydrogens is 457 g/mol. The first-order valence-corrected chi connectivity index (χ1v) is 10.5. The number of hydrogen-bond acceptors (Lipinski definition) is 2. The number of rotatable bonds is 4. The fourth-order valence-corrected chi connectivity index (χ4v) is 3.63. The second kappa shape index (κ2) is 8.91. The van der Waals surface area contributed by atoms with Gasteiger partial charge >= 0.3 is 5.97 Å². The fraction of sp³-hybridized carbons (Fsp3) is 0.167. The van der Waals surface area contributed by atoms with Crippen LogP contribution in [0.3, 0.4) is 0 Å². The largest absolute Gasteiger partial charge is 0.478 e. The minimum Gasteiger partial charge on any atom is -0.478 e. The van der Waals surface area contributed by atoms with E-state index in [1.807, 2.05) is 12.1 Å². The molecule has 0 bridgehead atoms. The zero-order valence-electron chi connectivity index (χ0n) is 17.1. The molecular formula is C24H20Cl3NO3. The van der Waals surface area contributed by atoms with Crippen molar-refractivity contribution in [2.45, 2.75) is 26.2 Å². The highest BCUT2D eigenvalue weighted by molar-refractivity contribution is 6.42. The van der Waals surface area contributed by atoms with Crippen molar-refractivity contribution >= 4 is 52.4 Å². The highest BCUT2D eigenvalue weighted by atomic mass is 35.5. The summed E-state index contributed by atoms with van der Waals surface area (Å²) in [6.45, 7) is 6.25. The molecule has 0 atom stereocenters. The number of nitrogens with one attached hydrogen (secondary N) is 1. The van der Waals surface area contributed by atoms with Crippen molar-refractivity contribution in [1.82, 2.24) is 0 Å². The van der Waals surface area contributed by atoms with Crippen LogP contribution in [0.15, 0.2) is 54.6 Å². The molecule has 2 N–H and O–H groups in total. The zero-order chi connectivity index (χ0) is 22.9. The van der Waals surface area contributed by atoms with Gasteiger partial charge in [0.25, 0.3) is 5.91 Å². The number of carbonyl (C=O) groups is 2. The summed E-state index contributed by atoms with van der Waals surface area (Å²) in [4.78, 5) is 24.6. The van der Waals surface area contributed by atoms with E-state index in [1.165, 1.54) is 12.1 Å². The number of carbonyl (C=O) groups excluding carboxylic acids is 1. The number of aromatic carboxylic acids is 1. The first kappa shape index (κ1) is 23.1. The molecule has 1 amide bonds. The van der Waals surface area contributed by atoms with Crippen molar-refractivity contribution in [2.75, 3.05) is 5.32 Å². The van der Waals surface area contributed by atoms with E-state index in [2.05, 4.69) is 26.1 Å². The molecule has 0 aliphatic rings. The van der Waals surface area contributed by atoms with Gasteiger partial charge in [-0.25, -0.2) is 4.79 Å². The van der Waals surface area contributed by atoms with Gasteiger partial charge in [-0.1, -0.05) is 73.8 Å². The van der Waals surface area contributed by atoms with E-state index in [4.69, 9.17) is 34.8 Å². The Hall–Kier alpha value is -2.53. The second-order valence-corrected chi connectivity index (χ2v) is 9.31. The molecule has 0 fully saturated rings. The lowest BCUT2D eigenvalue weighted by atomic mass is 9.86. The van der Waals surface area contributed by atoms with Gasteiger partial charge in [0, 0.05) is 11.1 Å². The summed E-state index contributed by atoms with van der Waals surface area (Å²) in [5.41, 5.74) is 2.54. The molecule has 4 nitrogen and oxygen atoms in total. The average Bonchev–Trinajstić information content (AvgIpc) is 2.69. The van der Waals surface area contributed by atoms with E-state index in [-0.39, 0.29) is 21.7 Å². The molecule has 0 aliphatic carbocycles. The Labute approximate surface area is 195 Å². The van der Waals surface area contributed by atoms with Crippen molar-refractivity contribution in [1.29, 1.82) is 0 Å². The van der Waals surface area contributed by atoms with Crippen LogP contribution in [-0.2, 0) is 5.41 Å². The predicted octanol–water partition coefficient (Wildman–Crippen LogP) is 7.56. The summed E-state index contributed by atoms with van der Waals surface area (Å²) in [5, 5.41) is 13.3. The summed E-state index contributed by atoms with van der Waals surface area (Å²) < 4.78 is 0. The van der Waals surface area contributed by atoms with Gasteiger partial charge in [-0.05, 0) is 52.9 Å². The van der Waals surface area contributed by atoms with Crippen LogP contribution in [0.1, 0.15) is 47.1 Å². The molecule has 0 unspecified atom stereocenters. The summed E-state index contributed by atoms with van der Waals surface area (Å²) in [6, 6.07) is 14.9. The molecule has 3 aromatic rings. The lowest BCUT2D eigenvalue weighted by molar-refractivity contribution is 0.0698. The highest BCUT2D eigenvalue weighted by Crippen LogP contribution is 2.36. The first-order valence-electron chi connectivity index (χ1n) is 9.41. The van der Waals surface area contributed by atoms with Crippen molar-refractivity contribution < 1.29 is 14.7 Å². The second-order valence-electron chi connectivity index (χ2n) is 8.09. The number of hydrogen-bond donors (Lipinski definition) is 2. The zero-order valence-corrected chi connectivity index (χ0v) is 19.4. The minimum absolute atomic E-state index is 0.0423. The van der Waals surface area contributed by atoms with Crippen LogP contribution in [0.5, 0.6) is 0 Å². The monoisotopic (exact) mass is 475 g/mol. The number of amides is 1. The first-order chi connectivity index (χ1) is 14.5. The number of benzene rings is 3. The van der Waals surface area contributed by atoms with Gasteiger partial charge in [0.1, 0.15) is 0 Å². The van der Waals surface area contributed by atoms with E-state index >= 15 is 0 Å². The van der Waals surface area contributed by atoms with E-state index < -0.39 is 11.9 Å². The van der Waals surface area contributed by atoms with E-state index in [1.54, 1.807) is 30.3 Å². The van der Waals surface area contributed by atoms with Gasteiger partial charge in [-0.15, -0.1) is 0 Å². The molecule has 0 aliphatic heterocycles. The molecule has 0 radical (unpaired) electrons. The van der Waals surface area contributed by atoms with Crippen molar-refractivity contribution in [2.24, 2.45) is 0 Å². The quantitative estimate of drug-likeness (QED) is 0.408. The van der Waals surface area contributed by atoms with Gasteiger partial charge in [0.15, 0.2) is 0 Å². The van der Waals surface area contributed by atoms with Crippen LogP contribution in [0.2, 0.25) is 15.1 Å². The average molecular weight is 477 g/mol. The summed E-state index contributed by atoms with van der Waals surface area (Å²) >= 11 is 18.4. The van der Waals surface area contributed by atoms with Crippen LogP contribution in [0, 0.1) is 0 Å². The molecule has 3 aromatic carbocycles. The van der Waals surface area contributed by atoms with Crippen molar-refractivity contribution in [3.05, 3.63) is 86.4 Å². The normalized spacial score (nSPS) is 11.3. The standard InChI is InChI=1S/C24H20Cl3NO3/c1-24(2,3)15-7-4-13(5-8-15)22(29)28-21-12-19(26)16(11-17(21)23(30)31)14-6-9-18(25)20(27)10-14/h4-12H,1-3H3,(H,28,29)(H,30,31). The number of halogens is 3. The number of carboxylic acid groups (broad SMARTS) is 1. The van der Waals surface area contributed by atoms with Crippen molar-refractivity contribution in [3.8, 4) is 11.1 Å². The SMILES string of the molecule is CC(C)(C)c1ccc(C(=O)Nc2cc(Cl)c(-c3ccc(Cl)c(Cl)c3)cc2C(=O)O)cc1. The third kappa shape index (κ3) is 5.21. The Morgan fingerprint density at radius 3 is 2.03 bits per heavy atom. The maximum absolute atomic E-state index is 12.7. The molecule has 160 valence electrons. The minimum atomic E-state index is -1.20. The van der Waals surface area contributed by atoms with Crippen LogP contribution >= 0.6 is 34.8 Å². The fourth-order valence-electron chi connectivity index (χ4n) is 3.05. The van der Waals surface area contributed by atoms with Crippen LogP contribution in [0.25, 0.3) is 11.1 Å². The van der Waals surface area contributed by atoms with E-state index in [0.717, 1.165) is 5.56 Å². The Bertz CT molecular complexity index is 1170. The Morgan fingerprint density at radius 1 is 0.839 bits per heavy atom. The molecule has 0 saturated heterocycles. The van der Waals surface area contributed by atoms with Crippen LogP contribution in [-0.4, -0.2) is 17.0 Å². The smallest absolute Gasteiger partial charge is 0.337 e. The van der Waals surface area contributed by atoms with Crippen molar-refractivity contribution in [3.63, 3.8) is 0 Å². The Morgan fingerprint density at radius 2 is 1.48 bits per heavy atom. The highest BCUT2D eigenvalue weighted by Gasteiger charge is 2.19. The maximum Gasteiger partial charge on any atom is 0.337 e. The predicted molar refractivity (Wildman–Crippen MR) is 127 cm³/mol. The van der Waals surface area contributed by atoms with Gasteiger partial charge in [-0.2, -0.15) is 0 Å². The maximum atomic E-state index is 12.7. The topological polar surface area (TPSA) is 66.4 Å². The van der Waals surface area contributed by atoms with Crippen LogP contribution < -0.4 is 5.32 Å². The molecule has 0 spiro atoms. The van der Waals surface area contributed by atoms with E-state index in [9.17, 15) is 14.7 Å². The van der Waals surface area contributed by atoms with Gasteiger partial charge in [-0.3, -0.25) is 4.79 Å². The Balaban J connectivity index is 1.96. The molecule has 0 heterocycles. The van der Waals surface area contributed by atoms with Gasteiger partial charge in [0.05, 0.1) is 26.3 Å². The molecule has 0 saturated carbocycles. The number of anilines is 1. The third-order valence-corrected chi connectivity index (χ3v) is 5.88. The number of carboxylic acids is 1.